The molecule has 0 atom stereocenters. The fourth-order valence-electron chi connectivity index (χ4n) is 2.04. The second-order valence-electron chi connectivity index (χ2n) is 3.54. The lowest BCUT2D eigenvalue weighted by atomic mass is 10.1. The first-order valence-corrected chi connectivity index (χ1v) is 4.79. The summed E-state index contributed by atoms with van der Waals surface area (Å²) < 4.78 is 0. The molecule has 0 aromatic carbocycles. The molecule has 0 fully saturated rings. The van der Waals surface area contributed by atoms with Crippen LogP contribution in [-0.4, -0.2) is 4.98 Å². The van der Waals surface area contributed by atoms with Crippen LogP contribution in [0, 0.1) is 6.92 Å². The third-order valence-corrected chi connectivity index (χ3v) is 2.71. The van der Waals surface area contributed by atoms with E-state index in [1.54, 1.807) is 5.56 Å². The van der Waals surface area contributed by atoms with Crippen molar-refractivity contribution in [2.45, 2.75) is 39.5 Å². The van der Waals surface area contributed by atoms with Crippen LogP contribution in [-0.2, 0) is 19.3 Å². The van der Waals surface area contributed by atoms with Crippen LogP contribution in [0.2, 0.25) is 0 Å². The van der Waals surface area contributed by atoms with E-state index in [0.29, 0.717) is 0 Å². The summed E-state index contributed by atoms with van der Waals surface area (Å²) in [4.78, 5) is 4.56. The Morgan fingerprint density at radius 1 is 1.42 bits per heavy atom. The van der Waals surface area contributed by atoms with Crippen LogP contribution in [0.5, 0.6) is 0 Å². The Morgan fingerprint density at radius 2 is 2.25 bits per heavy atom. The van der Waals surface area contributed by atoms with Crippen molar-refractivity contribution in [3.05, 3.63) is 28.6 Å². The largest absolute Gasteiger partial charge is 0.258 e. The molecular formula is C11H15N. The number of nitrogens with zero attached hydrogens (tertiary/aromatic N) is 1. The third kappa shape index (κ3) is 1.13. The Balaban J connectivity index is 2.51. The topological polar surface area (TPSA) is 12.9 Å². The standard InChI is InChI=1S/C11H15N/c1-3-10-7-9-5-4-6-11(9)8(2)12-10/h7H,3-6H2,1-2H3. The highest BCUT2D eigenvalue weighted by Crippen LogP contribution is 2.24. The van der Waals surface area contributed by atoms with Gasteiger partial charge in [0.2, 0.25) is 0 Å². The number of fused-ring (bicyclic) bond motifs is 1. The summed E-state index contributed by atoms with van der Waals surface area (Å²) in [6, 6.07) is 2.29. The predicted octanol–water partition coefficient (Wildman–Crippen LogP) is 2.44. The van der Waals surface area contributed by atoms with Gasteiger partial charge in [-0.15, -0.1) is 0 Å². The molecule has 0 saturated heterocycles. The highest BCUT2D eigenvalue weighted by molar-refractivity contribution is 5.35. The molecule has 1 heteroatoms. The Kier molecular flexibility index (Phi) is 1.87. The highest BCUT2D eigenvalue weighted by Gasteiger charge is 2.14. The fourth-order valence-corrected chi connectivity index (χ4v) is 2.04. The Bertz CT molecular complexity index is 302. The van der Waals surface area contributed by atoms with E-state index < -0.39 is 0 Å². The molecule has 1 nitrogen and oxygen atoms in total. The van der Waals surface area contributed by atoms with E-state index >= 15 is 0 Å². The Morgan fingerprint density at radius 3 is 3.00 bits per heavy atom. The molecule has 12 heavy (non-hydrogen) atoms. The van der Waals surface area contributed by atoms with E-state index in [2.05, 4.69) is 24.9 Å². The number of aromatic nitrogens is 1. The summed E-state index contributed by atoms with van der Waals surface area (Å²) in [6.07, 6.45) is 4.91. The van der Waals surface area contributed by atoms with Crippen molar-refractivity contribution in [1.82, 2.24) is 4.98 Å². The molecule has 0 unspecified atom stereocenters. The number of pyridine rings is 1. The van der Waals surface area contributed by atoms with E-state index in [1.807, 2.05) is 0 Å². The molecule has 1 aliphatic carbocycles. The van der Waals surface area contributed by atoms with E-state index in [-0.39, 0.29) is 0 Å². The van der Waals surface area contributed by atoms with Gasteiger partial charge in [-0.3, -0.25) is 4.98 Å². The van der Waals surface area contributed by atoms with Crippen molar-refractivity contribution in [3.8, 4) is 0 Å². The number of hydrogen-bond acceptors (Lipinski definition) is 1. The summed E-state index contributed by atoms with van der Waals surface area (Å²) in [7, 11) is 0. The SMILES string of the molecule is CCc1cc2c(c(C)n1)CCC2. The van der Waals surface area contributed by atoms with Crippen molar-refractivity contribution in [3.63, 3.8) is 0 Å². The lowest BCUT2D eigenvalue weighted by Gasteiger charge is -2.05. The minimum absolute atomic E-state index is 1.06. The summed E-state index contributed by atoms with van der Waals surface area (Å²) in [5.74, 6) is 0. The van der Waals surface area contributed by atoms with Crippen LogP contribution in [0.1, 0.15) is 35.9 Å². The van der Waals surface area contributed by atoms with Gasteiger partial charge in [0.15, 0.2) is 0 Å². The van der Waals surface area contributed by atoms with Gasteiger partial charge >= 0.3 is 0 Å². The third-order valence-electron chi connectivity index (χ3n) is 2.71. The molecular weight excluding hydrogens is 146 g/mol. The zero-order chi connectivity index (χ0) is 8.55. The summed E-state index contributed by atoms with van der Waals surface area (Å²) in [6.45, 7) is 4.31. The van der Waals surface area contributed by atoms with E-state index in [1.165, 1.54) is 36.2 Å². The molecule has 1 aromatic rings. The van der Waals surface area contributed by atoms with Crippen molar-refractivity contribution in [2.75, 3.05) is 0 Å². The van der Waals surface area contributed by atoms with Crippen molar-refractivity contribution >= 4 is 0 Å². The normalized spacial score (nSPS) is 14.8. The maximum atomic E-state index is 4.56. The van der Waals surface area contributed by atoms with Gasteiger partial charge in [-0.05, 0) is 49.8 Å². The average Bonchev–Trinajstić information content (AvgIpc) is 2.52. The van der Waals surface area contributed by atoms with Gasteiger partial charge in [0.25, 0.3) is 0 Å². The molecule has 1 heterocycles. The van der Waals surface area contributed by atoms with Crippen molar-refractivity contribution < 1.29 is 0 Å². The minimum atomic E-state index is 1.06. The molecule has 0 radical (unpaired) electrons. The smallest absolute Gasteiger partial charge is 0.0410 e. The zero-order valence-electron chi connectivity index (χ0n) is 7.85. The van der Waals surface area contributed by atoms with Crippen LogP contribution in [0.15, 0.2) is 6.07 Å². The molecule has 0 bridgehead atoms. The minimum Gasteiger partial charge on any atom is -0.258 e. The van der Waals surface area contributed by atoms with Crippen molar-refractivity contribution in [1.29, 1.82) is 0 Å². The van der Waals surface area contributed by atoms with Gasteiger partial charge in [0, 0.05) is 11.4 Å². The lowest BCUT2D eigenvalue weighted by molar-refractivity contribution is 0.907. The molecule has 0 amide bonds. The molecule has 0 saturated carbocycles. The van der Waals surface area contributed by atoms with Gasteiger partial charge in [-0.2, -0.15) is 0 Å². The van der Waals surface area contributed by atoms with Crippen LogP contribution in [0.3, 0.4) is 0 Å². The quantitative estimate of drug-likeness (QED) is 0.616. The molecule has 64 valence electrons. The van der Waals surface area contributed by atoms with Gasteiger partial charge in [-0.1, -0.05) is 6.92 Å². The van der Waals surface area contributed by atoms with Crippen LogP contribution < -0.4 is 0 Å². The Hall–Kier alpha value is -0.850. The van der Waals surface area contributed by atoms with Crippen molar-refractivity contribution in [2.24, 2.45) is 0 Å². The van der Waals surface area contributed by atoms with E-state index in [4.69, 9.17) is 0 Å². The first-order chi connectivity index (χ1) is 5.81. The Labute approximate surface area is 73.8 Å². The molecule has 0 aliphatic heterocycles. The maximum absolute atomic E-state index is 4.56. The average molecular weight is 161 g/mol. The predicted molar refractivity (Wildman–Crippen MR) is 50.4 cm³/mol. The highest BCUT2D eigenvalue weighted by atomic mass is 14.7. The van der Waals surface area contributed by atoms with Crippen LogP contribution in [0.4, 0.5) is 0 Å². The van der Waals surface area contributed by atoms with E-state index in [0.717, 1.165) is 6.42 Å². The van der Waals surface area contributed by atoms with Gasteiger partial charge in [0.05, 0.1) is 0 Å². The molecule has 1 aromatic heterocycles. The maximum Gasteiger partial charge on any atom is 0.0410 e. The number of rotatable bonds is 1. The summed E-state index contributed by atoms with van der Waals surface area (Å²) in [5.41, 5.74) is 5.60. The van der Waals surface area contributed by atoms with Gasteiger partial charge in [-0.25, -0.2) is 0 Å². The fraction of sp³-hybridized carbons (Fsp3) is 0.545. The monoisotopic (exact) mass is 161 g/mol. The summed E-state index contributed by atoms with van der Waals surface area (Å²) >= 11 is 0. The second-order valence-corrected chi connectivity index (χ2v) is 3.54. The van der Waals surface area contributed by atoms with E-state index in [9.17, 15) is 0 Å². The molecule has 1 aliphatic rings. The summed E-state index contributed by atoms with van der Waals surface area (Å²) in [5, 5.41) is 0. The first-order valence-electron chi connectivity index (χ1n) is 4.79. The zero-order valence-corrected chi connectivity index (χ0v) is 7.85. The molecule has 0 N–H and O–H groups in total. The van der Waals surface area contributed by atoms with Crippen LogP contribution >= 0.6 is 0 Å². The first kappa shape index (κ1) is 7.78. The molecule has 2 rings (SSSR count). The number of hydrogen-bond donors (Lipinski definition) is 0. The van der Waals surface area contributed by atoms with Gasteiger partial charge < -0.3 is 0 Å². The van der Waals surface area contributed by atoms with Gasteiger partial charge in [0.1, 0.15) is 0 Å². The second kappa shape index (κ2) is 2.89. The lowest BCUT2D eigenvalue weighted by Crippen LogP contribution is -1.96. The number of aryl methyl sites for hydroxylation is 3. The molecule has 0 spiro atoms. The van der Waals surface area contributed by atoms with Crippen LogP contribution in [0.25, 0.3) is 0 Å².